The van der Waals surface area contributed by atoms with E-state index >= 15 is 0 Å². The average molecular weight is 251 g/mol. The van der Waals surface area contributed by atoms with E-state index < -0.39 is 5.60 Å². The number of hydrogen-bond acceptors (Lipinski definition) is 4. The minimum atomic E-state index is -0.926. The molecule has 0 aliphatic carbocycles. The molecule has 1 amide bonds. The minimum Gasteiger partial charge on any atom is -0.388 e. The number of nitrogens with one attached hydrogen (secondary N) is 1. The zero-order valence-corrected chi connectivity index (χ0v) is 10.7. The largest absolute Gasteiger partial charge is 0.388 e. The summed E-state index contributed by atoms with van der Waals surface area (Å²) in [5.41, 5.74) is -1.46. The van der Waals surface area contributed by atoms with E-state index in [0.717, 1.165) is 6.20 Å². The molecule has 1 aromatic rings. The summed E-state index contributed by atoms with van der Waals surface area (Å²) in [6.45, 7) is 6.28. The fourth-order valence-electron chi connectivity index (χ4n) is 2.05. The molecule has 0 unspecified atom stereocenters. The topological polar surface area (TPSA) is 86.3 Å². The Bertz CT molecular complexity index is 497. The Labute approximate surface area is 105 Å². The second-order valence-corrected chi connectivity index (χ2v) is 5.62. The molecule has 2 heterocycles. The Balaban J connectivity index is 2.22. The number of aliphatic hydroxyl groups is 1. The van der Waals surface area contributed by atoms with Crippen molar-refractivity contribution < 1.29 is 9.90 Å². The number of aromatic nitrogens is 2. The molecule has 0 saturated carbocycles. The first-order valence-electron chi connectivity index (χ1n) is 5.79. The maximum absolute atomic E-state index is 12.2. The molecule has 1 aliphatic heterocycles. The van der Waals surface area contributed by atoms with Gasteiger partial charge in [0.15, 0.2) is 0 Å². The molecule has 6 nitrogen and oxygen atoms in total. The molecule has 1 saturated heterocycles. The van der Waals surface area contributed by atoms with Crippen LogP contribution in [0.25, 0.3) is 0 Å². The number of rotatable bonds is 1. The number of β-amino-alcohol motifs (C(OH)–C–C–N with tert-alkyl or cyclic N) is 1. The van der Waals surface area contributed by atoms with Gasteiger partial charge < -0.3 is 15.0 Å². The second kappa shape index (κ2) is 3.91. The Morgan fingerprint density at radius 1 is 1.44 bits per heavy atom. The molecule has 18 heavy (non-hydrogen) atoms. The number of nitrogens with zero attached hydrogens (tertiary/aromatic N) is 2. The van der Waals surface area contributed by atoms with E-state index in [1.807, 2.05) is 13.8 Å². The van der Waals surface area contributed by atoms with Gasteiger partial charge in [-0.05, 0) is 6.92 Å². The van der Waals surface area contributed by atoms with E-state index in [1.165, 1.54) is 6.20 Å². The molecule has 1 fully saturated rings. The number of H-pyrrole nitrogens is 1. The molecule has 1 aromatic heterocycles. The van der Waals surface area contributed by atoms with Crippen LogP contribution < -0.4 is 5.56 Å². The Kier molecular flexibility index (Phi) is 2.77. The van der Waals surface area contributed by atoms with Crippen LogP contribution in [0, 0.1) is 5.41 Å². The molecule has 0 bridgehead atoms. The predicted octanol–water partition coefficient (Wildman–Crippen LogP) is 0.00290. The normalized spacial score (nSPS) is 26.3. The first kappa shape index (κ1) is 12.8. The molecule has 2 rings (SSSR count). The van der Waals surface area contributed by atoms with Crippen LogP contribution in [0.5, 0.6) is 0 Å². The van der Waals surface area contributed by atoms with Gasteiger partial charge in [-0.25, -0.2) is 4.98 Å². The van der Waals surface area contributed by atoms with Gasteiger partial charge >= 0.3 is 0 Å². The van der Waals surface area contributed by atoms with Crippen molar-refractivity contribution in [1.82, 2.24) is 14.9 Å². The molecular formula is C12H17N3O3. The van der Waals surface area contributed by atoms with Gasteiger partial charge in [-0.2, -0.15) is 0 Å². The van der Waals surface area contributed by atoms with E-state index in [0.29, 0.717) is 6.54 Å². The SMILES string of the molecule is CC1(C)CN(C(=O)c2c[nH]c(=O)cn2)C[C@@]1(C)O. The number of carbonyl (C=O) groups is 1. The van der Waals surface area contributed by atoms with Gasteiger partial charge in [-0.3, -0.25) is 9.59 Å². The molecule has 0 spiro atoms. The summed E-state index contributed by atoms with van der Waals surface area (Å²) in [6, 6.07) is 0. The van der Waals surface area contributed by atoms with Gasteiger partial charge in [0, 0.05) is 18.2 Å². The summed E-state index contributed by atoms with van der Waals surface area (Å²) in [7, 11) is 0. The molecule has 1 atom stereocenters. The summed E-state index contributed by atoms with van der Waals surface area (Å²) in [5.74, 6) is -0.280. The van der Waals surface area contributed by atoms with E-state index in [2.05, 4.69) is 9.97 Å². The Hall–Kier alpha value is -1.69. The van der Waals surface area contributed by atoms with Crippen molar-refractivity contribution in [2.24, 2.45) is 5.41 Å². The van der Waals surface area contributed by atoms with Gasteiger partial charge in [0.2, 0.25) is 0 Å². The summed E-state index contributed by atoms with van der Waals surface area (Å²) in [6.07, 6.45) is 2.37. The maximum Gasteiger partial charge on any atom is 0.274 e. The smallest absolute Gasteiger partial charge is 0.274 e. The van der Waals surface area contributed by atoms with Gasteiger partial charge in [-0.1, -0.05) is 13.8 Å². The van der Waals surface area contributed by atoms with E-state index in [1.54, 1.807) is 11.8 Å². The number of amides is 1. The third-order valence-corrected chi connectivity index (χ3v) is 3.72. The van der Waals surface area contributed by atoms with Gasteiger partial charge in [0.05, 0.1) is 18.3 Å². The predicted molar refractivity (Wildman–Crippen MR) is 65.2 cm³/mol. The first-order chi connectivity index (χ1) is 8.23. The highest BCUT2D eigenvalue weighted by Gasteiger charge is 2.49. The lowest BCUT2D eigenvalue weighted by Gasteiger charge is -2.30. The van der Waals surface area contributed by atoms with Crippen molar-refractivity contribution in [2.75, 3.05) is 13.1 Å². The van der Waals surface area contributed by atoms with Gasteiger partial charge in [-0.15, -0.1) is 0 Å². The van der Waals surface area contributed by atoms with Crippen LogP contribution in [0.15, 0.2) is 17.2 Å². The molecule has 98 valence electrons. The van der Waals surface area contributed by atoms with Crippen LogP contribution >= 0.6 is 0 Å². The second-order valence-electron chi connectivity index (χ2n) is 5.62. The number of aromatic amines is 1. The van der Waals surface area contributed by atoms with Crippen LogP contribution in [0.3, 0.4) is 0 Å². The van der Waals surface area contributed by atoms with Crippen molar-refractivity contribution in [3.8, 4) is 0 Å². The third kappa shape index (κ3) is 2.03. The number of hydrogen-bond donors (Lipinski definition) is 2. The lowest BCUT2D eigenvalue weighted by Crippen LogP contribution is -2.40. The monoisotopic (exact) mass is 251 g/mol. The first-order valence-corrected chi connectivity index (χ1v) is 5.79. The molecule has 1 aliphatic rings. The highest BCUT2D eigenvalue weighted by Crippen LogP contribution is 2.38. The average Bonchev–Trinajstić information content (AvgIpc) is 2.48. The zero-order valence-electron chi connectivity index (χ0n) is 10.7. The summed E-state index contributed by atoms with van der Waals surface area (Å²) in [5, 5.41) is 10.3. The van der Waals surface area contributed by atoms with Crippen LogP contribution in [0.2, 0.25) is 0 Å². The lowest BCUT2D eigenvalue weighted by atomic mass is 9.79. The van der Waals surface area contributed by atoms with Crippen LogP contribution in [0.1, 0.15) is 31.3 Å². The van der Waals surface area contributed by atoms with Crippen molar-refractivity contribution in [1.29, 1.82) is 0 Å². The van der Waals surface area contributed by atoms with Gasteiger partial charge in [0.25, 0.3) is 11.5 Å². The summed E-state index contributed by atoms with van der Waals surface area (Å²) >= 11 is 0. The lowest BCUT2D eigenvalue weighted by molar-refractivity contribution is -0.0108. The minimum absolute atomic E-state index is 0.183. The highest BCUT2D eigenvalue weighted by atomic mass is 16.3. The van der Waals surface area contributed by atoms with E-state index in [9.17, 15) is 14.7 Å². The maximum atomic E-state index is 12.2. The molecule has 0 aromatic carbocycles. The highest BCUT2D eigenvalue weighted by molar-refractivity contribution is 5.92. The third-order valence-electron chi connectivity index (χ3n) is 3.72. The molecule has 2 N–H and O–H groups in total. The quantitative estimate of drug-likeness (QED) is 0.735. The van der Waals surface area contributed by atoms with Crippen LogP contribution in [-0.2, 0) is 0 Å². The van der Waals surface area contributed by atoms with E-state index in [4.69, 9.17) is 0 Å². The van der Waals surface area contributed by atoms with Crippen molar-refractivity contribution in [3.63, 3.8) is 0 Å². The summed E-state index contributed by atoms with van der Waals surface area (Å²) in [4.78, 5) is 30.8. The number of carbonyl (C=O) groups excluding carboxylic acids is 1. The molecule has 0 radical (unpaired) electrons. The Morgan fingerprint density at radius 2 is 2.11 bits per heavy atom. The molecular weight excluding hydrogens is 234 g/mol. The van der Waals surface area contributed by atoms with Crippen molar-refractivity contribution in [2.45, 2.75) is 26.4 Å². The molecule has 6 heteroatoms. The summed E-state index contributed by atoms with van der Waals surface area (Å²) < 4.78 is 0. The Morgan fingerprint density at radius 3 is 2.56 bits per heavy atom. The van der Waals surface area contributed by atoms with Gasteiger partial charge in [0.1, 0.15) is 5.69 Å². The fraction of sp³-hybridized carbons (Fsp3) is 0.583. The van der Waals surface area contributed by atoms with Crippen LogP contribution in [0.4, 0.5) is 0 Å². The zero-order chi connectivity index (χ0) is 13.6. The van der Waals surface area contributed by atoms with Crippen molar-refractivity contribution in [3.05, 3.63) is 28.4 Å². The number of likely N-dealkylation sites (tertiary alicyclic amines) is 1. The van der Waals surface area contributed by atoms with Crippen molar-refractivity contribution >= 4 is 5.91 Å². The van der Waals surface area contributed by atoms with E-state index in [-0.39, 0.29) is 29.1 Å². The standard InChI is InChI=1S/C12H17N3O3/c1-11(2)6-15(7-12(11,3)18)10(17)8-4-14-9(16)5-13-8/h4-5,18H,6-7H2,1-3H3,(H,14,16)/t12-/m1/s1. The fourth-order valence-corrected chi connectivity index (χ4v) is 2.05. The van der Waals surface area contributed by atoms with Crippen LogP contribution in [-0.4, -0.2) is 44.6 Å².